The van der Waals surface area contributed by atoms with Crippen LogP contribution >= 0.6 is 0 Å². The number of aliphatic hydroxyl groups is 1. The van der Waals surface area contributed by atoms with Gasteiger partial charge in [0.05, 0.1) is 23.9 Å². The maximum atomic E-state index is 11.4. The Morgan fingerprint density at radius 2 is 2.12 bits per heavy atom. The van der Waals surface area contributed by atoms with Crippen LogP contribution in [0.2, 0.25) is 0 Å². The molecule has 1 aromatic heterocycles. The van der Waals surface area contributed by atoms with Gasteiger partial charge in [0.2, 0.25) is 0 Å². The summed E-state index contributed by atoms with van der Waals surface area (Å²) in [6.45, 7) is 3.46. The van der Waals surface area contributed by atoms with Crippen LogP contribution in [0.3, 0.4) is 0 Å². The molecule has 2 rings (SSSR count). The topological polar surface area (TPSA) is 55.1 Å². The fraction of sp³-hybridized carbons (Fsp3) is 0.692. The molecule has 0 spiro atoms. The van der Waals surface area contributed by atoms with Gasteiger partial charge in [0.25, 0.3) is 0 Å². The summed E-state index contributed by atoms with van der Waals surface area (Å²) < 4.78 is 1.84. The van der Waals surface area contributed by atoms with E-state index in [0.717, 1.165) is 31.4 Å². The Morgan fingerprint density at radius 1 is 1.41 bits per heavy atom. The Bertz CT molecular complexity index is 412. The number of hydrogen-bond donors (Lipinski definition) is 1. The molecule has 1 N–H and O–H groups in total. The molecule has 0 amide bonds. The highest BCUT2D eigenvalue weighted by Crippen LogP contribution is 2.28. The molecule has 17 heavy (non-hydrogen) atoms. The van der Waals surface area contributed by atoms with Crippen LogP contribution in [-0.2, 0) is 0 Å². The molecule has 0 aromatic carbocycles. The summed E-state index contributed by atoms with van der Waals surface area (Å²) in [5.41, 5.74) is 1.55. The molecule has 0 bridgehead atoms. The van der Waals surface area contributed by atoms with Crippen LogP contribution in [0.25, 0.3) is 0 Å². The van der Waals surface area contributed by atoms with Gasteiger partial charge < -0.3 is 5.11 Å². The minimum Gasteiger partial charge on any atom is -0.391 e. The smallest absolute Gasteiger partial charge is 0.163 e. The first-order valence-electron chi connectivity index (χ1n) is 6.34. The maximum Gasteiger partial charge on any atom is 0.163 e. The van der Waals surface area contributed by atoms with E-state index in [9.17, 15) is 9.90 Å². The number of aromatic nitrogens is 2. The van der Waals surface area contributed by atoms with Crippen LogP contribution in [0, 0.1) is 6.92 Å². The maximum absolute atomic E-state index is 11.4. The second-order valence-electron chi connectivity index (χ2n) is 4.92. The molecular formula is C13H20N2O2. The number of rotatable bonds is 2. The number of carbonyl (C=O) groups is 1. The van der Waals surface area contributed by atoms with Crippen molar-refractivity contribution in [2.75, 3.05) is 0 Å². The first kappa shape index (κ1) is 12.3. The largest absolute Gasteiger partial charge is 0.391 e. The molecule has 2 atom stereocenters. The van der Waals surface area contributed by atoms with E-state index in [0.29, 0.717) is 5.56 Å². The third kappa shape index (κ3) is 2.41. The Morgan fingerprint density at radius 3 is 2.76 bits per heavy atom. The highest BCUT2D eigenvalue weighted by molar-refractivity contribution is 5.94. The Labute approximate surface area is 102 Å². The zero-order chi connectivity index (χ0) is 12.4. The number of Topliss-reactive ketones (excluding diaryl/α,β-unsaturated/α-hetero) is 1. The van der Waals surface area contributed by atoms with Crippen molar-refractivity contribution in [2.24, 2.45) is 0 Å². The van der Waals surface area contributed by atoms with Gasteiger partial charge in [-0.1, -0.05) is 19.3 Å². The van der Waals surface area contributed by atoms with Crippen LogP contribution in [0.4, 0.5) is 0 Å². The van der Waals surface area contributed by atoms with E-state index in [-0.39, 0.29) is 17.9 Å². The second-order valence-corrected chi connectivity index (χ2v) is 4.92. The standard InChI is InChI=1S/C13H20N2O2/c1-9-11(10(2)16)8-14-15(9)12-6-4-3-5-7-13(12)17/h8,12-13,17H,3-7H2,1-2H3. The molecule has 94 valence electrons. The quantitative estimate of drug-likeness (QED) is 0.633. The van der Waals surface area contributed by atoms with Crippen molar-refractivity contribution < 1.29 is 9.90 Å². The number of carbonyl (C=O) groups excluding carboxylic acids is 1. The van der Waals surface area contributed by atoms with Crippen LogP contribution in [0.15, 0.2) is 6.20 Å². The van der Waals surface area contributed by atoms with E-state index in [1.807, 2.05) is 11.6 Å². The van der Waals surface area contributed by atoms with E-state index in [1.165, 1.54) is 6.42 Å². The van der Waals surface area contributed by atoms with Crippen LogP contribution in [0.5, 0.6) is 0 Å². The molecule has 1 aliphatic carbocycles. The average Bonchev–Trinajstić information content (AvgIpc) is 2.52. The summed E-state index contributed by atoms with van der Waals surface area (Å²) in [6, 6.07) is 0.0330. The van der Waals surface area contributed by atoms with E-state index in [2.05, 4.69) is 5.10 Å². The van der Waals surface area contributed by atoms with E-state index >= 15 is 0 Å². The third-order valence-corrected chi connectivity index (χ3v) is 3.68. The zero-order valence-electron chi connectivity index (χ0n) is 10.5. The van der Waals surface area contributed by atoms with Crippen LogP contribution in [-0.4, -0.2) is 26.8 Å². The van der Waals surface area contributed by atoms with Crippen molar-refractivity contribution in [1.82, 2.24) is 9.78 Å². The normalized spacial score (nSPS) is 25.6. The van der Waals surface area contributed by atoms with Crippen LogP contribution in [0.1, 0.15) is 61.1 Å². The van der Waals surface area contributed by atoms with Crippen molar-refractivity contribution in [3.8, 4) is 0 Å². The molecule has 4 nitrogen and oxygen atoms in total. The van der Waals surface area contributed by atoms with Gasteiger partial charge >= 0.3 is 0 Å². The number of nitrogens with zero attached hydrogens (tertiary/aromatic N) is 2. The van der Waals surface area contributed by atoms with Gasteiger partial charge in [0.1, 0.15) is 0 Å². The summed E-state index contributed by atoms with van der Waals surface area (Å²) in [7, 11) is 0. The number of aliphatic hydroxyl groups excluding tert-OH is 1. The summed E-state index contributed by atoms with van der Waals surface area (Å²) in [6.07, 6.45) is 6.44. The molecule has 1 aromatic rings. The van der Waals surface area contributed by atoms with Crippen LogP contribution < -0.4 is 0 Å². The Kier molecular flexibility index (Phi) is 3.62. The molecule has 0 aliphatic heterocycles. The highest BCUT2D eigenvalue weighted by atomic mass is 16.3. The van der Waals surface area contributed by atoms with E-state index in [1.54, 1.807) is 13.1 Å². The fourth-order valence-electron chi connectivity index (χ4n) is 2.66. The number of ketones is 1. The lowest BCUT2D eigenvalue weighted by molar-refractivity contribution is 0.0968. The third-order valence-electron chi connectivity index (χ3n) is 3.68. The summed E-state index contributed by atoms with van der Waals surface area (Å²) in [5.74, 6) is 0.0388. The lowest BCUT2D eigenvalue weighted by atomic mass is 10.1. The van der Waals surface area contributed by atoms with Gasteiger partial charge in [-0.3, -0.25) is 9.48 Å². The minimum absolute atomic E-state index is 0.0330. The van der Waals surface area contributed by atoms with Gasteiger partial charge in [-0.2, -0.15) is 5.10 Å². The predicted molar refractivity (Wildman–Crippen MR) is 65.1 cm³/mol. The molecule has 4 heteroatoms. The molecule has 0 radical (unpaired) electrons. The summed E-state index contributed by atoms with van der Waals surface area (Å²) in [4.78, 5) is 11.4. The first-order chi connectivity index (χ1) is 8.11. The van der Waals surface area contributed by atoms with E-state index in [4.69, 9.17) is 0 Å². The van der Waals surface area contributed by atoms with Crippen molar-refractivity contribution in [3.05, 3.63) is 17.5 Å². The lowest BCUT2D eigenvalue weighted by Gasteiger charge is -2.22. The van der Waals surface area contributed by atoms with Gasteiger partial charge in [-0.05, 0) is 26.7 Å². The first-order valence-corrected chi connectivity index (χ1v) is 6.34. The van der Waals surface area contributed by atoms with Gasteiger partial charge in [0.15, 0.2) is 5.78 Å². The Balaban J connectivity index is 2.29. The summed E-state index contributed by atoms with van der Waals surface area (Å²) in [5, 5.41) is 14.4. The molecule has 2 unspecified atom stereocenters. The lowest BCUT2D eigenvalue weighted by Crippen LogP contribution is -2.25. The van der Waals surface area contributed by atoms with Gasteiger partial charge in [-0.25, -0.2) is 0 Å². The van der Waals surface area contributed by atoms with Crippen molar-refractivity contribution in [1.29, 1.82) is 0 Å². The van der Waals surface area contributed by atoms with Gasteiger partial charge in [0, 0.05) is 5.69 Å². The second kappa shape index (κ2) is 5.00. The fourth-order valence-corrected chi connectivity index (χ4v) is 2.66. The molecule has 1 fully saturated rings. The molecular weight excluding hydrogens is 216 g/mol. The highest BCUT2D eigenvalue weighted by Gasteiger charge is 2.26. The predicted octanol–water partition coefficient (Wildman–Crippen LogP) is 2.26. The summed E-state index contributed by atoms with van der Waals surface area (Å²) >= 11 is 0. The van der Waals surface area contributed by atoms with Crippen molar-refractivity contribution >= 4 is 5.78 Å². The molecule has 0 saturated heterocycles. The van der Waals surface area contributed by atoms with Crippen molar-refractivity contribution in [2.45, 2.75) is 58.1 Å². The Hall–Kier alpha value is -1.16. The molecule has 1 heterocycles. The van der Waals surface area contributed by atoms with E-state index < -0.39 is 0 Å². The zero-order valence-corrected chi connectivity index (χ0v) is 10.5. The number of hydrogen-bond acceptors (Lipinski definition) is 3. The minimum atomic E-state index is -0.337. The molecule has 1 saturated carbocycles. The average molecular weight is 236 g/mol. The molecule has 1 aliphatic rings. The monoisotopic (exact) mass is 236 g/mol. The SMILES string of the molecule is CC(=O)c1cnn(C2CCCCCC2O)c1C. The van der Waals surface area contributed by atoms with Gasteiger partial charge in [-0.15, -0.1) is 0 Å². The van der Waals surface area contributed by atoms with Crippen molar-refractivity contribution in [3.63, 3.8) is 0 Å².